The van der Waals surface area contributed by atoms with Gasteiger partial charge in [-0.3, -0.25) is 14.4 Å². The molecule has 1 N–H and O–H groups in total. The minimum Gasteiger partial charge on any atom is -0.481 e. The van der Waals surface area contributed by atoms with Crippen LogP contribution in [0.3, 0.4) is 0 Å². The maximum absolute atomic E-state index is 14.1. The third-order valence-corrected chi connectivity index (χ3v) is 10.4. The molecule has 11 heteroatoms. The Morgan fingerprint density at radius 2 is 1.47 bits per heavy atom. The first-order valence-corrected chi connectivity index (χ1v) is 17.0. The lowest BCUT2D eigenvalue weighted by Crippen LogP contribution is -2.45. The zero-order valence-electron chi connectivity index (χ0n) is 24.4. The Labute approximate surface area is 268 Å². The number of carboxylic acids is 1. The third kappa shape index (κ3) is 6.26. The Bertz CT molecular complexity index is 1650. The molecule has 3 aliphatic rings. The number of benzene rings is 2. The number of ketones is 2. The maximum atomic E-state index is 14.1. The number of nitrogens with zero attached hydrogens (tertiary/aromatic N) is 1. The fourth-order valence-electron chi connectivity index (χ4n) is 6.46. The molecule has 0 saturated heterocycles. The average Bonchev–Trinajstić information content (AvgIpc) is 2.87. The van der Waals surface area contributed by atoms with Crippen LogP contribution in [-0.4, -0.2) is 42.5 Å². The van der Waals surface area contributed by atoms with Gasteiger partial charge in [0, 0.05) is 57.9 Å². The van der Waals surface area contributed by atoms with E-state index in [-0.39, 0.29) is 48.0 Å². The molecule has 0 unspecified atom stereocenters. The molecule has 2 aromatic carbocycles. The van der Waals surface area contributed by atoms with Crippen molar-refractivity contribution in [3.05, 3.63) is 79.5 Å². The van der Waals surface area contributed by atoms with Gasteiger partial charge in [-0.2, -0.15) is 8.42 Å². The van der Waals surface area contributed by atoms with Crippen molar-refractivity contribution in [2.24, 2.45) is 10.8 Å². The molecular formula is C32H33Br2NO7S. The molecule has 0 spiro atoms. The van der Waals surface area contributed by atoms with Crippen molar-refractivity contribution in [3.63, 3.8) is 0 Å². The predicted molar refractivity (Wildman–Crippen MR) is 168 cm³/mol. The number of allylic oxidation sites excluding steroid dienone is 4. The van der Waals surface area contributed by atoms with Gasteiger partial charge in [-0.15, -0.1) is 0 Å². The summed E-state index contributed by atoms with van der Waals surface area (Å²) in [4.78, 5) is 41.8. The summed E-state index contributed by atoms with van der Waals surface area (Å²) in [6, 6.07) is 11.1. The molecule has 0 atom stereocenters. The molecule has 8 nitrogen and oxygen atoms in total. The lowest BCUT2D eigenvalue weighted by atomic mass is 9.63. The minimum absolute atomic E-state index is 0.00925. The summed E-state index contributed by atoms with van der Waals surface area (Å²) in [5, 5.41) is 9.60. The Kier molecular flexibility index (Phi) is 8.32. The van der Waals surface area contributed by atoms with E-state index in [1.54, 1.807) is 30.3 Å². The first-order valence-electron chi connectivity index (χ1n) is 14.0. The van der Waals surface area contributed by atoms with E-state index in [1.165, 1.54) is 12.1 Å². The molecule has 228 valence electrons. The van der Waals surface area contributed by atoms with E-state index >= 15 is 0 Å². The molecule has 0 bridgehead atoms. The molecule has 0 radical (unpaired) electrons. The summed E-state index contributed by atoms with van der Waals surface area (Å²) in [5.74, 6) is -2.20. The van der Waals surface area contributed by atoms with E-state index in [4.69, 9.17) is 4.18 Å². The molecule has 2 aliphatic carbocycles. The molecule has 0 amide bonds. The van der Waals surface area contributed by atoms with Crippen molar-refractivity contribution < 1.29 is 32.1 Å². The van der Waals surface area contributed by atoms with Crippen molar-refractivity contribution >= 4 is 59.5 Å². The summed E-state index contributed by atoms with van der Waals surface area (Å²) < 4.78 is 33.7. The molecule has 2 aromatic rings. The normalized spacial score (nSPS) is 20.2. The maximum Gasteiger partial charge on any atom is 0.339 e. The molecule has 5 rings (SSSR count). The second-order valence-corrected chi connectivity index (χ2v) is 16.3. The second-order valence-electron chi connectivity index (χ2n) is 13.0. The zero-order chi connectivity index (χ0) is 31.5. The van der Waals surface area contributed by atoms with E-state index < -0.39 is 32.8 Å². The standard InChI is InChI=1S/C32H33Br2NO7S/c1-31(2)14-22-28(24(36)16-31)27(29-23(35(22)11-10-26(38)39)15-32(3,4)17-25(29)37)20-12-18(33)13-21(34)30(20)42-43(40,41)19-8-6-5-7-9-19/h5-9,12-13,27H,10-11,14-17H2,1-4H3,(H,38,39). The lowest BCUT2D eigenvalue weighted by Gasteiger charge is -2.49. The summed E-state index contributed by atoms with van der Waals surface area (Å²) in [6.07, 6.45) is 1.26. The van der Waals surface area contributed by atoms with Crippen molar-refractivity contribution in [3.8, 4) is 5.75 Å². The minimum atomic E-state index is -4.28. The number of carbonyl (C=O) groups excluding carboxylic acids is 2. The third-order valence-electron chi connectivity index (χ3n) is 8.14. The highest BCUT2D eigenvalue weighted by molar-refractivity contribution is 9.11. The van der Waals surface area contributed by atoms with Crippen LogP contribution in [0.15, 0.2) is 78.8 Å². The number of hydrogen-bond acceptors (Lipinski definition) is 7. The van der Waals surface area contributed by atoms with E-state index in [9.17, 15) is 27.9 Å². The summed E-state index contributed by atoms with van der Waals surface area (Å²) >= 11 is 7.01. The fourth-order valence-corrected chi connectivity index (χ4v) is 8.90. The predicted octanol–water partition coefficient (Wildman–Crippen LogP) is 7.14. The average molecular weight is 735 g/mol. The number of rotatable bonds is 7. The van der Waals surface area contributed by atoms with Crippen LogP contribution < -0.4 is 4.18 Å². The van der Waals surface area contributed by atoms with Gasteiger partial charge in [-0.25, -0.2) is 0 Å². The lowest BCUT2D eigenvalue weighted by molar-refractivity contribution is -0.137. The van der Waals surface area contributed by atoms with E-state index in [2.05, 4.69) is 31.9 Å². The Morgan fingerprint density at radius 3 is 1.98 bits per heavy atom. The van der Waals surface area contributed by atoms with E-state index in [0.717, 1.165) is 0 Å². The smallest absolute Gasteiger partial charge is 0.339 e. The van der Waals surface area contributed by atoms with Gasteiger partial charge in [0.1, 0.15) is 4.90 Å². The van der Waals surface area contributed by atoms with Crippen LogP contribution in [0.25, 0.3) is 0 Å². The van der Waals surface area contributed by atoms with Crippen LogP contribution in [0.1, 0.15) is 71.3 Å². The van der Waals surface area contributed by atoms with Crippen LogP contribution >= 0.6 is 31.9 Å². The van der Waals surface area contributed by atoms with Gasteiger partial charge in [-0.1, -0.05) is 61.8 Å². The van der Waals surface area contributed by atoms with E-state index in [0.29, 0.717) is 49.9 Å². The van der Waals surface area contributed by atoms with Crippen molar-refractivity contribution in [1.82, 2.24) is 4.90 Å². The Balaban J connectivity index is 1.80. The number of hydrogen-bond donors (Lipinski definition) is 1. The molecule has 1 heterocycles. The summed E-state index contributed by atoms with van der Waals surface area (Å²) in [5.41, 5.74) is 1.71. The van der Waals surface area contributed by atoms with Crippen LogP contribution in [0.4, 0.5) is 0 Å². The second kappa shape index (κ2) is 11.3. The Morgan fingerprint density at radius 1 is 0.930 bits per heavy atom. The topological polar surface area (TPSA) is 118 Å². The molecule has 0 fully saturated rings. The summed E-state index contributed by atoms with van der Waals surface area (Å²) in [6.45, 7) is 8.09. The van der Waals surface area contributed by atoms with Crippen LogP contribution in [0.5, 0.6) is 5.75 Å². The van der Waals surface area contributed by atoms with Gasteiger partial charge in [0.2, 0.25) is 0 Å². The Hall–Kier alpha value is -2.76. The van der Waals surface area contributed by atoms with Gasteiger partial charge in [0.05, 0.1) is 10.9 Å². The number of carbonyl (C=O) groups is 3. The fraction of sp³-hybridized carbons (Fsp3) is 0.406. The van der Waals surface area contributed by atoms with Crippen LogP contribution in [-0.2, 0) is 24.5 Å². The highest BCUT2D eigenvalue weighted by atomic mass is 79.9. The highest BCUT2D eigenvalue weighted by Gasteiger charge is 2.50. The number of carboxylic acid groups (broad SMARTS) is 1. The van der Waals surface area contributed by atoms with E-state index in [1.807, 2.05) is 32.6 Å². The largest absolute Gasteiger partial charge is 0.481 e. The number of halogens is 2. The quantitative estimate of drug-likeness (QED) is 0.299. The van der Waals surface area contributed by atoms with Crippen LogP contribution in [0.2, 0.25) is 0 Å². The van der Waals surface area contributed by atoms with Gasteiger partial charge < -0.3 is 14.2 Å². The molecular weight excluding hydrogens is 702 g/mol. The molecule has 1 aliphatic heterocycles. The SMILES string of the molecule is CC1(C)CC(=O)C2=C(C1)N(CCC(=O)O)C1=C(C(=O)CC(C)(C)C1)C2c1cc(Br)cc(Br)c1OS(=O)(=O)c1ccccc1. The molecule has 43 heavy (non-hydrogen) atoms. The van der Waals surface area contributed by atoms with Crippen LogP contribution in [0, 0.1) is 10.8 Å². The van der Waals surface area contributed by atoms with Crippen molar-refractivity contribution in [2.45, 2.75) is 70.6 Å². The molecule has 0 aromatic heterocycles. The zero-order valence-corrected chi connectivity index (χ0v) is 28.4. The first-order chi connectivity index (χ1) is 20.0. The summed E-state index contributed by atoms with van der Waals surface area (Å²) in [7, 11) is -4.28. The number of Topliss-reactive ketones (excluding diaryl/α,β-unsaturated/α-hetero) is 2. The van der Waals surface area contributed by atoms with Gasteiger partial charge in [0.15, 0.2) is 17.3 Å². The van der Waals surface area contributed by atoms with Gasteiger partial charge in [0.25, 0.3) is 0 Å². The number of aliphatic carboxylic acids is 1. The first kappa shape index (κ1) is 31.7. The van der Waals surface area contributed by atoms with Crippen molar-refractivity contribution in [1.29, 1.82) is 0 Å². The van der Waals surface area contributed by atoms with Gasteiger partial charge in [-0.05, 0) is 63.9 Å². The highest BCUT2D eigenvalue weighted by Crippen LogP contribution is 2.56. The molecule has 0 saturated carbocycles. The van der Waals surface area contributed by atoms with Gasteiger partial charge >= 0.3 is 16.1 Å². The van der Waals surface area contributed by atoms with Crippen molar-refractivity contribution in [2.75, 3.05) is 6.54 Å². The monoisotopic (exact) mass is 733 g/mol.